The summed E-state index contributed by atoms with van der Waals surface area (Å²) in [7, 11) is 1.20. The molecule has 0 spiro atoms. The maximum atomic E-state index is 12.0. The molecular formula is C12H17NO5. The molecule has 0 aromatic rings. The molecule has 1 amide bonds. The molecule has 0 fully saturated rings. The Hall–Kier alpha value is -1.85. The maximum Gasteiger partial charge on any atom is 0.358 e. The van der Waals surface area contributed by atoms with Crippen molar-refractivity contribution >= 4 is 17.7 Å². The van der Waals surface area contributed by atoms with E-state index in [0.717, 1.165) is 11.2 Å². The van der Waals surface area contributed by atoms with Gasteiger partial charge in [-0.25, -0.2) is 4.79 Å². The number of hydrogen-bond acceptors (Lipinski definition) is 5. The molecule has 1 aliphatic rings. The minimum absolute atomic E-state index is 0.0530. The lowest BCUT2D eigenvalue weighted by molar-refractivity contribution is -0.151. The Labute approximate surface area is 106 Å². The molecule has 0 unspecified atom stereocenters. The van der Waals surface area contributed by atoms with Gasteiger partial charge in [-0.2, -0.15) is 0 Å². The van der Waals surface area contributed by atoms with Gasteiger partial charge in [0, 0.05) is 5.41 Å². The Morgan fingerprint density at radius 2 is 2.06 bits per heavy atom. The number of ether oxygens (including phenoxy) is 2. The van der Waals surface area contributed by atoms with Crippen LogP contribution in [0.3, 0.4) is 0 Å². The number of carbonyl (C=O) groups excluding carboxylic acids is 3. The lowest BCUT2D eigenvalue weighted by Gasteiger charge is -2.23. The summed E-state index contributed by atoms with van der Waals surface area (Å²) in [6.45, 7) is 5.05. The molecule has 0 atom stereocenters. The quantitative estimate of drug-likeness (QED) is 0.549. The SMILES string of the molecule is CCC(C)(C)C(=O)C(=O)N1COC=C1C(=O)OC. The van der Waals surface area contributed by atoms with Crippen LogP contribution in [-0.4, -0.2) is 36.4 Å². The predicted molar refractivity (Wildman–Crippen MR) is 62.0 cm³/mol. The minimum atomic E-state index is -0.763. The van der Waals surface area contributed by atoms with Crippen molar-refractivity contribution in [2.24, 2.45) is 5.41 Å². The van der Waals surface area contributed by atoms with E-state index in [1.807, 2.05) is 6.92 Å². The number of esters is 1. The summed E-state index contributed by atoms with van der Waals surface area (Å²) in [6.07, 6.45) is 1.65. The second kappa shape index (κ2) is 5.20. The van der Waals surface area contributed by atoms with E-state index in [9.17, 15) is 14.4 Å². The lowest BCUT2D eigenvalue weighted by atomic mass is 9.84. The fraction of sp³-hybridized carbons (Fsp3) is 0.583. The van der Waals surface area contributed by atoms with E-state index in [-0.39, 0.29) is 12.4 Å². The van der Waals surface area contributed by atoms with Crippen molar-refractivity contribution in [1.29, 1.82) is 0 Å². The van der Waals surface area contributed by atoms with Gasteiger partial charge < -0.3 is 9.47 Å². The molecule has 100 valence electrons. The van der Waals surface area contributed by atoms with Gasteiger partial charge in [-0.3, -0.25) is 14.5 Å². The minimum Gasteiger partial charge on any atom is -0.478 e. The molecule has 1 rings (SSSR count). The maximum absolute atomic E-state index is 12.0. The zero-order chi connectivity index (χ0) is 13.9. The lowest BCUT2D eigenvalue weighted by Crippen LogP contribution is -2.42. The van der Waals surface area contributed by atoms with Crippen LogP contribution in [0.15, 0.2) is 12.0 Å². The molecule has 0 aliphatic carbocycles. The molecule has 1 heterocycles. The van der Waals surface area contributed by atoms with Crippen LogP contribution in [0.5, 0.6) is 0 Å². The van der Waals surface area contributed by atoms with Gasteiger partial charge >= 0.3 is 5.97 Å². The van der Waals surface area contributed by atoms with E-state index in [0.29, 0.717) is 6.42 Å². The monoisotopic (exact) mass is 255 g/mol. The third-order valence-electron chi connectivity index (χ3n) is 3.02. The van der Waals surface area contributed by atoms with Crippen LogP contribution >= 0.6 is 0 Å². The van der Waals surface area contributed by atoms with Crippen LogP contribution in [-0.2, 0) is 23.9 Å². The molecule has 1 aliphatic heterocycles. The highest BCUT2D eigenvalue weighted by atomic mass is 16.5. The molecule has 0 saturated heterocycles. The molecule has 0 aromatic heterocycles. The van der Waals surface area contributed by atoms with Crippen LogP contribution in [0.4, 0.5) is 0 Å². The highest BCUT2D eigenvalue weighted by Crippen LogP contribution is 2.24. The molecule has 18 heavy (non-hydrogen) atoms. The predicted octanol–water partition coefficient (Wildman–Crippen LogP) is 0.822. The first-order chi connectivity index (χ1) is 8.35. The van der Waals surface area contributed by atoms with Crippen LogP contribution in [0.25, 0.3) is 0 Å². The molecule has 6 heteroatoms. The van der Waals surface area contributed by atoms with Gasteiger partial charge in [0.15, 0.2) is 12.4 Å². The third-order valence-corrected chi connectivity index (χ3v) is 3.02. The number of carbonyl (C=O) groups is 3. The number of ketones is 1. The van der Waals surface area contributed by atoms with Gasteiger partial charge in [0.05, 0.1) is 7.11 Å². The first kappa shape index (κ1) is 14.2. The summed E-state index contributed by atoms with van der Waals surface area (Å²) in [5.41, 5.74) is -0.816. The van der Waals surface area contributed by atoms with Gasteiger partial charge in [-0.05, 0) is 6.42 Å². The summed E-state index contributed by atoms with van der Waals surface area (Å²) in [4.78, 5) is 36.4. The molecule has 0 saturated carbocycles. The second-order valence-corrected chi connectivity index (χ2v) is 4.59. The Morgan fingerprint density at radius 1 is 1.44 bits per heavy atom. The summed E-state index contributed by atoms with van der Waals surface area (Å²) in [5, 5.41) is 0. The summed E-state index contributed by atoms with van der Waals surface area (Å²) < 4.78 is 9.41. The van der Waals surface area contributed by atoms with E-state index in [2.05, 4.69) is 4.74 Å². The normalized spacial score (nSPS) is 14.9. The molecule has 0 N–H and O–H groups in total. The topological polar surface area (TPSA) is 72.9 Å². The van der Waals surface area contributed by atoms with Crippen molar-refractivity contribution in [3.8, 4) is 0 Å². The van der Waals surface area contributed by atoms with Crippen molar-refractivity contribution in [2.45, 2.75) is 27.2 Å². The standard InChI is InChI=1S/C12H17NO5/c1-5-12(2,3)9(14)10(15)13-7-18-6-8(13)11(16)17-4/h6H,5,7H2,1-4H3. The molecule has 0 bridgehead atoms. The van der Waals surface area contributed by atoms with Crippen molar-refractivity contribution in [2.75, 3.05) is 13.8 Å². The number of hydrogen-bond donors (Lipinski definition) is 0. The zero-order valence-electron chi connectivity index (χ0n) is 11.0. The average molecular weight is 255 g/mol. The third kappa shape index (κ3) is 2.52. The van der Waals surface area contributed by atoms with E-state index < -0.39 is 23.1 Å². The zero-order valence-corrected chi connectivity index (χ0v) is 11.0. The van der Waals surface area contributed by atoms with E-state index in [1.165, 1.54) is 7.11 Å². The Morgan fingerprint density at radius 3 is 2.56 bits per heavy atom. The molecule has 0 radical (unpaired) electrons. The molecule has 0 aromatic carbocycles. The highest BCUT2D eigenvalue weighted by Gasteiger charge is 2.39. The largest absolute Gasteiger partial charge is 0.478 e. The highest BCUT2D eigenvalue weighted by molar-refractivity contribution is 6.38. The van der Waals surface area contributed by atoms with Crippen LogP contribution in [0.2, 0.25) is 0 Å². The van der Waals surface area contributed by atoms with E-state index in [1.54, 1.807) is 13.8 Å². The smallest absolute Gasteiger partial charge is 0.358 e. The Kier molecular flexibility index (Phi) is 4.11. The average Bonchev–Trinajstić information content (AvgIpc) is 2.85. The van der Waals surface area contributed by atoms with Gasteiger partial charge in [0.2, 0.25) is 5.78 Å². The fourth-order valence-electron chi connectivity index (χ4n) is 1.33. The number of amides is 1. The summed E-state index contributed by atoms with van der Waals surface area (Å²) in [5.74, 6) is -2.01. The van der Waals surface area contributed by atoms with E-state index in [4.69, 9.17) is 4.74 Å². The van der Waals surface area contributed by atoms with Crippen LogP contribution in [0, 0.1) is 5.41 Å². The first-order valence-electron chi connectivity index (χ1n) is 5.61. The Balaban J connectivity index is 2.89. The van der Waals surface area contributed by atoms with Crippen LogP contribution < -0.4 is 0 Å². The first-order valence-corrected chi connectivity index (χ1v) is 5.61. The summed E-state index contributed by atoms with van der Waals surface area (Å²) >= 11 is 0. The van der Waals surface area contributed by atoms with Gasteiger partial charge in [0.25, 0.3) is 5.91 Å². The van der Waals surface area contributed by atoms with Crippen LogP contribution in [0.1, 0.15) is 27.2 Å². The molecule has 6 nitrogen and oxygen atoms in total. The number of nitrogens with zero attached hydrogens (tertiary/aromatic N) is 1. The van der Waals surface area contributed by atoms with E-state index >= 15 is 0 Å². The summed E-state index contributed by atoms with van der Waals surface area (Å²) in [6, 6.07) is 0. The second-order valence-electron chi connectivity index (χ2n) is 4.59. The number of rotatable bonds is 4. The number of methoxy groups -OCH3 is 1. The number of Topliss-reactive ketones (excluding diaryl/α,β-unsaturated/α-hetero) is 1. The van der Waals surface area contributed by atoms with Crippen molar-refractivity contribution in [3.63, 3.8) is 0 Å². The van der Waals surface area contributed by atoms with Crippen molar-refractivity contribution in [1.82, 2.24) is 4.90 Å². The van der Waals surface area contributed by atoms with Crippen molar-refractivity contribution < 1.29 is 23.9 Å². The molecular weight excluding hydrogens is 238 g/mol. The van der Waals surface area contributed by atoms with Gasteiger partial charge in [-0.15, -0.1) is 0 Å². The Bertz CT molecular complexity index is 411. The van der Waals surface area contributed by atoms with Gasteiger partial charge in [-0.1, -0.05) is 20.8 Å². The van der Waals surface area contributed by atoms with Crippen molar-refractivity contribution in [3.05, 3.63) is 12.0 Å². The van der Waals surface area contributed by atoms with Gasteiger partial charge in [0.1, 0.15) is 6.26 Å². The fourth-order valence-corrected chi connectivity index (χ4v) is 1.33.